The van der Waals surface area contributed by atoms with Crippen molar-refractivity contribution in [1.29, 1.82) is 0 Å². The van der Waals surface area contributed by atoms with Crippen molar-refractivity contribution in [3.05, 3.63) is 0 Å². The minimum absolute atomic E-state index is 0. The molecule has 0 amide bonds. The molecule has 0 unspecified atom stereocenters. The summed E-state index contributed by atoms with van der Waals surface area (Å²) in [5, 5.41) is 0. The fourth-order valence-corrected chi connectivity index (χ4v) is 0. The summed E-state index contributed by atoms with van der Waals surface area (Å²) in [6.45, 7) is 0. The van der Waals surface area contributed by atoms with Gasteiger partial charge in [-0.3, -0.25) is 0 Å². The molecule has 0 spiro atoms. The maximum Gasteiger partial charge on any atom is 1.00 e. The largest absolute Gasteiger partial charge is 1.00 e. The van der Waals surface area contributed by atoms with Gasteiger partial charge in [-0.05, 0) is 0 Å². The summed E-state index contributed by atoms with van der Waals surface area (Å²) < 4.78 is 26.6. The van der Waals surface area contributed by atoms with Crippen molar-refractivity contribution in [2.24, 2.45) is 0 Å². The molecule has 0 aromatic carbocycles. The van der Waals surface area contributed by atoms with E-state index < -0.39 is 23.5 Å². The van der Waals surface area contributed by atoms with Crippen LogP contribution in [-0.2, 0) is 13.7 Å². The molecule has 0 aliphatic carbocycles. The molecule has 0 saturated heterocycles. The standard InChI is InChI=1S/H3N.Na.3H3O4P.H/c;;3*1-5(2,3)4;/h1H3;;3*(H3,1,2,3,4);/q;+1;;;;-1. The van der Waals surface area contributed by atoms with Crippen LogP contribution in [0.15, 0.2) is 0 Å². The molecule has 0 fully saturated rings. The third-order valence-corrected chi connectivity index (χ3v) is 0. The second kappa shape index (κ2) is 12.3. The Bertz CT molecular complexity index is 213. The van der Waals surface area contributed by atoms with E-state index in [0.717, 1.165) is 0 Å². The zero-order valence-electron chi connectivity index (χ0n) is 9.30. The molecule has 0 atom stereocenters. The SMILES string of the molecule is N.O=P(O)(O)O.O=P(O)(O)O.O=P(O)(O)O.[H-].[Na+]. The van der Waals surface area contributed by atoms with Crippen LogP contribution in [-0.4, -0.2) is 44.0 Å². The van der Waals surface area contributed by atoms with Crippen LogP contribution in [0.2, 0.25) is 0 Å². The van der Waals surface area contributed by atoms with Gasteiger partial charge < -0.3 is 51.6 Å². The van der Waals surface area contributed by atoms with Crippen molar-refractivity contribution in [1.82, 2.24) is 6.15 Å². The van der Waals surface area contributed by atoms with E-state index in [4.69, 9.17) is 57.7 Å². The minimum Gasteiger partial charge on any atom is -1.00 e. The first kappa shape index (κ1) is 31.0. The van der Waals surface area contributed by atoms with Crippen molar-refractivity contribution in [3.8, 4) is 0 Å². The van der Waals surface area contributed by atoms with Gasteiger partial charge >= 0.3 is 53.0 Å². The van der Waals surface area contributed by atoms with Gasteiger partial charge in [0.25, 0.3) is 0 Å². The van der Waals surface area contributed by atoms with Crippen molar-refractivity contribution in [2.75, 3.05) is 0 Å². The van der Waals surface area contributed by atoms with Gasteiger partial charge in [-0.2, -0.15) is 0 Å². The molecule has 0 rings (SSSR count). The average Bonchev–Trinajstić information content (AvgIpc) is 1.41. The molecule has 12 N–H and O–H groups in total. The van der Waals surface area contributed by atoms with Crippen LogP contribution in [0.4, 0.5) is 0 Å². The first-order valence-corrected chi connectivity index (χ1v) is 7.04. The van der Waals surface area contributed by atoms with Crippen LogP contribution in [0.5, 0.6) is 0 Å². The van der Waals surface area contributed by atoms with Gasteiger partial charge in [0.05, 0.1) is 0 Å². The van der Waals surface area contributed by atoms with Crippen molar-refractivity contribution >= 4 is 23.5 Å². The maximum absolute atomic E-state index is 8.88. The van der Waals surface area contributed by atoms with Crippen LogP contribution in [0.3, 0.4) is 0 Å². The second-order valence-electron chi connectivity index (χ2n) is 1.54. The van der Waals surface area contributed by atoms with Crippen molar-refractivity contribution in [2.45, 2.75) is 0 Å². The van der Waals surface area contributed by atoms with Gasteiger partial charge in [0.15, 0.2) is 0 Å². The van der Waals surface area contributed by atoms with Crippen LogP contribution in [0, 0.1) is 0 Å². The third kappa shape index (κ3) is 2430. The minimum atomic E-state index is -4.64. The Morgan fingerprint density at radius 2 is 0.529 bits per heavy atom. The van der Waals surface area contributed by atoms with E-state index >= 15 is 0 Å². The van der Waals surface area contributed by atoms with E-state index in [1.54, 1.807) is 0 Å². The van der Waals surface area contributed by atoms with Crippen LogP contribution in [0.1, 0.15) is 1.43 Å². The molecule has 0 aliphatic heterocycles. The van der Waals surface area contributed by atoms with E-state index in [-0.39, 0.29) is 37.1 Å². The topological polar surface area (TPSA) is 268 Å². The zero-order valence-corrected chi connectivity index (χ0v) is 13.0. The van der Waals surface area contributed by atoms with Crippen molar-refractivity contribution in [3.63, 3.8) is 0 Å². The summed E-state index contributed by atoms with van der Waals surface area (Å²) in [5.74, 6) is 0. The molecule has 0 aromatic rings. The summed E-state index contributed by atoms with van der Waals surface area (Å²) in [5.41, 5.74) is 0. The fourth-order valence-electron chi connectivity index (χ4n) is 0. The van der Waals surface area contributed by atoms with Crippen LogP contribution >= 0.6 is 23.5 Å². The van der Waals surface area contributed by atoms with Gasteiger partial charge in [-0.15, -0.1) is 0 Å². The zero-order chi connectivity index (χ0) is 13.5. The van der Waals surface area contributed by atoms with E-state index in [0.29, 0.717) is 0 Å². The van der Waals surface area contributed by atoms with Crippen LogP contribution in [0.25, 0.3) is 0 Å². The van der Waals surface area contributed by atoms with Crippen LogP contribution < -0.4 is 35.7 Å². The van der Waals surface area contributed by atoms with E-state index in [1.165, 1.54) is 0 Å². The van der Waals surface area contributed by atoms with E-state index in [9.17, 15) is 0 Å². The Labute approximate surface area is 118 Å². The third-order valence-electron chi connectivity index (χ3n) is 0. The number of rotatable bonds is 0. The molecular weight excluding hydrogens is 322 g/mol. The molecule has 106 valence electrons. The summed E-state index contributed by atoms with van der Waals surface area (Å²) in [7, 11) is -13.9. The Balaban J connectivity index is -0.0000000277. The number of phosphoric acid groups is 3. The Morgan fingerprint density at radius 3 is 0.529 bits per heavy atom. The summed E-state index contributed by atoms with van der Waals surface area (Å²) in [6.07, 6.45) is 0. The summed E-state index contributed by atoms with van der Waals surface area (Å²) in [4.78, 5) is 64.7. The first-order chi connectivity index (χ1) is 6.00. The molecule has 0 saturated carbocycles. The quantitative estimate of drug-likeness (QED) is 0.146. The Kier molecular flexibility index (Phi) is 22.5. The molecule has 17 heteroatoms. The molecule has 0 heterocycles. The predicted molar refractivity (Wildman–Crippen MR) is 48.9 cm³/mol. The van der Waals surface area contributed by atoms with Crippen molar-refractivity contribution < 1.29 is 88.7 Å². The van der Waals surface area contributed by atoms with E-state index in [1.807, 2.05) is 0 Å². The van der Waals surface area contributed by atoms with Gasteiger partial charge in [0.2, 0.25) is 0 Å². The Morgan fingerprint density at radius 1 is 0.529 bits per heavy atom. The molecular formula is H13NNaO12P3. The molecule has 0 bridgehead atoms. The van der Waals surface area contributed by atoms with Gasteiger partial charge in [0.1, 0.15) is 0 Å². The van der Waals surface area contributed by atoms with E-state index in [2.05, 4.69) is 0 Å². The molecule has 0 aliphatic rings. The maximum atomic E-state index is 8.88. The molecule has 0 radical (unpaired) electrons. The smallest absolute Gasteiger partial charge is 1.00 e. The molecule has 17 heavy (non-hydrogen) atoms. The summed E-state index contributed by atoms with van der Waals surface area (Å²) >= 11 is 0. The monoisotopic (exact) mass is 335 g/mol. The van der Waals surface area contributed by atoms with Gasteiger partial charge in [-0.1, -0.05) is 0 Å². The van der Waals surface area contributed by atoms with Gasteiger partial charge in [-0.25, -0.2) is 13.7 Å². The summed E-state index contributed by atoms with van der Waals surface area (Å²) in [6, 6.07) is 0. The molecule has 0 aromatic heterocycles. The predicted octanol–water partition coefficient (Wildman–Crippen LogP) is -5.51. The average molecular weight is 335 g/mol. The Hall–Kier alpha value is 1.29. The number of hydrogen-bond donors (Lipinski definition) is 10. The normalized spacial score (nSPS) is 10.4. The molecule has 13 nitrogen and oxygen atoms in total. The second-order valence-corrected chi connectivity index (χ2v) is 4.62. The number of hydrogen-bond acceptors (Lipinski definition) is 4. The first-order valence-electron chi connectivity index (χ1n) is 2.35. The van der Waals surface area contributed by atoms with Gasteiger partial charge in [0, 0.05) is 0 Å². The fraction of sp³-hybridized carbons (Fsp3) is 0.